The lowest BCUT2D eigenvalue weighted by Crippen LogP contribution is -2.14. The van der Waals surface area contributed by atoms with Gasteiger partial charge in [-0.3, -0.25) is 9.59 Å². The SMILES string of the molecule is COc1cc(OC)c2cc(CCC(=O)O)c(=O)[nH]c2c1. The van der Waals surface area contributed by atoms with E-state index in [1.165, 1.54) is 14.2 Å². The number of aromatic nitrogens is 1. The van der Waals surface area contributed by atoms with Gasteiger partial charge in [-0.05, 0) is 12.5 Å². The van der Waals surface area contributed by atoms with Crippen LogP contribution in [0.1, 0.15) is 12.0 Å². The van der Waals surface area contributed by atoms with Crippen molar-refractivity contribution in [1.29, 1.82) is 0 Å². The first kappa shape index (κ1) is 13.9. The van der Waals surface area contributed by atoms with Gasteiger partial charge >= 0.3 is 5.97 Å². The Morgan fingerprint density at radius 2 is 2.00 bits per heavy atom. The Labute approximate surface area is 115 Å². The molecule has 0 bridgehead atoms. The van der Waals surface area contributed by atoms with Gasteiger partial charge in [0.2, 0.25) is 0 Å². The predicted molar refractivity (Wildman–Crippen MR) is 73.6 cm³/mol. The Morgan fingerprint density at radius 3 is 2.60 bits per heavy atom. The molecule has 0 unspecified atom stereocenters. The fourth-order valence-electron chi connectivity index (χ4n) is 2.01. The molecule has 0 aliphatic rings. The van der Waals surface area contributed by atoms with E-state index in [-0.39, 0.29) is 18.4 Å². The minimum absolute atomic E-state index is 0.0902. The van der Waals surface area contributed by atoms with Crippen molar-refractivity contribution in [1.82, 2.24) is 4.98 Å². The van der Waals surface area contributed by atoms with Crippen molar-refractivity contribution in [3.05, 3.63) is 34.1 Å². The number of aryl methyl sites for hydroxylation is 1. The van der Waals surface area contributed by atoms with E-state index in [0.717, 1.165) is 0 Å². The number of fused-ring (bicyclic) bond motifs is 1. The second kappa shape index (κ2) is 5.64. The highest BCUT2D eigenvalue weighted by Crippen LogP contribution is 2.29. The molecule has 2 N–H and O–H groups in total. The van der Waals surface area contributed by atoms with Crippen LogP contribution in [0.25, 0.3) is 10.9 Å². The molecule has 0 saturated heterocycles. The van der Waals surface area contributed by atoms with Gasteiger partial charge in [0.1, 0.15) is 11.5 Å². The maximum Gasteiger partial charge on any atom is 0.303 e. The predicted octanol–water partition coefficient (Wildman–Crippen LogP) is 1.56. The molecule has 0 spiro atoms. The number of rotatable bonds is 5. The molecule has 2 rings (SSSR count). The highest BCUT2D eigenvalue weighted by atomic mass is 16.5. The molecule has 0 saturated carbocycles. The van der Waals surface area contributed by atoms with E-state index in [1.54, 1.807) is 18.2 Å². The average molecular weight is 277 g/mol. The molecule has 2 aromatic rings. The van der Waals surface area contributed by atoms with Gasteiger partial charge in [-0.25, -0.2) is 0 Å². The fraction of sp³-hybridized carbons (Fsp3) is 0.286. The van der Waals surface area contributed by atoms with Crippen LogP contribution in [0.4, 0.5) is 0 Å². The summed E-state index contributed by atoms with van der Waals surface area (Å²) in [7, 11) is 3.05. The highest BCUT2D eigenvalue weighted by molar-refractivity contribution is 5.87. The molecule has 0 aliphatic heterocycles. The zero-order chi connectivity index (χ0) is 14.7. The number of pyridine rings is 1. The highest BCUT2D eigenvalue weighted by Gasteiger charge is 2.10. The van der Waals surface area contributed by atoms with Crippen LogP contribution in [0.3, 0.4) is 0 Å². The second-order valence-corrected chi connectivity index (χ2v) is 4.31. The summed E-state index contributed by atoms with van der Waals surface area (Å²) >= 11 is 0. The number of aromatic amines is 1. The number of benzene rings is 1. The monoisotopic (exact) mass is 277 g/mol. The van der Waals surface area contributed by atoms with Gasteiger partial charge in [0.25, 0.3) is 5.56 Å². The molecule has 6 heteroatoms. The van der Waals surface area contributed by atoms with Crippen molar-refractivity contribution < 1.29 is 19.4 Å². The number of ether oxygens (including phenoxy) is 2. The summed E-state index contributed by atoms with van der Waals surface area (Å²) < 4.78 is 10.4. The maximum absolute atomic E-state index is 11.9. The third kappa shape index (κ3) is 2.74. The average Bonchev–Trinajstić information content (AvgIpc) is 2.43. The van der Waals surface area contributed by atoms with Gasteiger partial charge in [-0.1, -0.05) is 0 Å². The van der Waals surface area contributed by atoms with Crippen molar-refractivity contribution >= 4 is 16.9 Å². The van der Waals surface area contributed by atoms with Crippen LogP contribution in [-0.4, -0.2) is 30.3 Å². The van der Waals surface area contributed by atoms with Crippen LogP contribution in [0.5, 0.6) is 11.5 Å². The van der Waals surface area contributed by atoms with Crippen molar-refractivity contribution in [2.45, 2.75) is 12.8 Å². The second-order valence-electron chi connectivity index (χ2n) is 4.31. The van der Waals surface area contributed by atoms with Crippen LogP contribution in [0.15, 0.2) is 23.0 Å². The van der Waals surface area contributed by atoms with E-state index in [1.807, 2.05) is 0 Å². The number of methoxy groups -OCH3 is 2. The molecular formula is C14H15NO5. The minimum Gasteiger partial charge on any atom is -0.497 e. The molecule has 106 valence electrons. The molecule has 0 aliphatic carbocycles. The number of carboxylic acid groups (broad SMARTS) is 1. The molecule has 20 heavy (non-hydrogen) atoms. The summed E-state index contributed by atoms with van der Waals surface area (Å²) in [6, 6.07) is 5.07. The minimum atomic E-state index is -0.939. The zero-order valence-corrected chi connectivity index (χ0v) is 11.2. The van der Waals surface area contributed by atoms with Gasteiger partial charge in [0.15, 0.2) is 0 Å². The van der Waals surface area contributed by atoms with E-state index in [9.17, 15) is 9.59 Å². The number of nitrogens with one attached hydrogen (secondary N) is 1. The first-order valence-electron chi connectivity index (χ1n) is 6.05. The largest absolute Gasteiger partial charge is 0.497 e. The van der Waals surface area contributed by atoms with Crippen LogP contribution in [0, 0.1) is 0 Å². The number of H-pyrrole nitrogens is 1. The summed E-state index contributed by atoms with van der Waals surface area (Å²) in [5.74, 6) is 0.196. The third-order valence-electron chi connectivity index (χ3n) is 3.04. The Kier molecular flexibility index (Phi) is 3.93. The zero-order valence-electron chi connectivity index (χ0n) is 11.2. The van der Waals surface area contributed by atoms with E-state index >= 15 is 0 Å². The van der Waals surface area contributed by atoms with Crippen LogP contribution < -0.4 is 15.0 Å². The smallest absolute Gasteiger partial charge is 0.303 e. The van der Waals surface area contributed by atoms with E-state index in [4.69, 9.17) is 14.6 Å². The van der Waals surface area contributed by atoms with E-state index < -0.39 is 5.97 Å². The van der Waals surface area contributed by atoms with Crippen LogP contribution in [0.2, 0.25) is 0 Å². The quantitative estimate of drug-likeness (QED) is 0.865. The summed E-state index contributed by atoms with van der Waals surface area (Å²) in [4.78, 5) is 25.2. The molecule has 1 heterocycles. The van der Waals surface area contributed by atoms with Gasteiger partial charge < -0.3 is 19.6 Å². The number of hydrogen-bond donors (Lipinski definition) is 2. The van der Waals surface area contributed by atoms with Crippen molar-refractivity contribution in [2.24, 2.45) is 0 Å². The standard InChI is InChI=1S/C14H15NO5/c1-19-9-6-11-10(12(7-9)20-2)5-8(14(18)15-11)3-4-13(16)17/h5-7H,3-4H2,1-2H3,(H,15,18)(H,16,17). The molecule has 1 aromatic heterocycles. The third-order valence-corrected chi connectivity index (χ3v) is 3.04. The molecule has 1 aromatic carbocycles. The molecule has 0 radical (unpaired) electrons. The van der Waals surface area contributed by atoms with E-state index in [2.05, 4.69) is 4.98 Å². The topological polar surface area (TPSA) is 88.6 Å². The Morgan fingerprint density at radius 1 is 1.25 bits per heavy atom. The van der Waals surface area contributed by atoms with Gasteiger partial charge in [-0.2, -0.15) is 0 Å². The van der Waals surface area contributed by atoms with Gasteiger partial charge in [0.05, 0.1) is 19.7 Å². The first-order chi connectivity index (χ1) is 9.55. The molecule has 0 amide bonds. The lowest BCUT2D eigenvalue weighted by Gasteiger charge is -2.09. The maximum atomic E-state index is 11.9. The summed E-state index contributed by atoms with van der Waals surface area (Å²) in [6.07, 6.45) is 0.0862. The normalized spacial score (nSPS) is 10.5. The Balaban J connectivity index is 2.56. The summed E-state index contributed by atoms with van der Waals surface area (Å²) in [6.45, 7) is 0. The van der Waals surface area contributed by atoms with E-state index in [0.29, 0.717) is 28.0 Å². The van der Waals surface area contributed by atoms with Crippen molar-refractivity contribution in [2.75, 3.05) is 14.2 Å². The first-order valence-corrected chi connectivity index (χ1v) is 6.05. The number of aliphatic carboxylic acids is 1. The lowest BCUT2D eigenvalue weighted by atomic mass is 10.1. The van der Waals surface area contributed by atoms with Crippen molar-refractivity contribution in [3.63, 3.8) is 0 Å². The van der Waals surface area contributed by atoms with Crippen molar-refractivity contribution in [3.8, 4) is 11.5 Å². The Hall–Kier alpha value is -2.50. The summed E-state index contributed by atoms with van der Waals surface area (Å²) in [5.41, 5.74) is 0.711. The summed E-state index contributed by atoms with van der Waals surface area (Å²) in [5, 5.41) is 9.41. The van der Waals surface area contributed by atoms with Gasteiger partial charge in [-0.15, -0.1) is 0 Å². The number of carbonyl (C=O) groups is 1. The number of hydrogen-bond acceptors (Lipinski definition) is 4. The van der Waals surface area contributed by atoms with Crippen LogP contribution in [-0.2, 0) is 11.2 Å². The number of carboxylic acids is 1. The molecule has 0 fully saturated rings. The Bertz CT molecular complexity index is 705. The molecular weight excluding hydrogens is 262 g/mol. The molecule has 0 atom stereocenters. The van der Waals surface area contributed by atoms with Gasteiger partial charge in [0, 0.05) is 29.5 Å². The lowest BCUT2D eigenvalue weighted by molar-refractivity contribution is -0.136. The fourth-order valence-corrected chi connectivity index (χ4v) is 2.01. The molecule has 6 nitrogen and oxygen atoms in total. The van der Waals surface area contributed by atoms with Crippen LogP contribution >= 0.6 is 0 Å².